The SMILES string of the molecule is CC(O)CC(C)(C)CNC(=O)NC(C)c1ccc(Cl)s1. The Morgan fingerprint density at radius 3 is 2.60 bits per heavy atom. The fraction of sp³-hybridized carbons (Fsp3) is 0.643. The van der Waals surface area contributed by atoms with Crippen molar-refractivity contribution >= 4 is 29.0 Å². The number of hydrogen-bond acceptors (Lipinski definition) is 3. The van der Waals surface area contributed by atoms with Crippen molar-refractivity contribution in [2.75, 3.05) is 6.54 Å². The lowest BCUT2D eigenvalue weighted by molar-refractivity contribution is 0.128. The summed E-state index contributed by atoms with van der Waals surface area (Å²) < 4.78 is 0.715. The number of nitrogens with one attached hydrogen (secondary N) is 2. The first-order valence-electron chi connectivity index (χ1n) is 6.67. The highest BCUT2D eigenvalue weighted by molar-refractivity contribution is 7.16. The van der Waals surface area contributed by atoms with Crippen molar-refractivity contribution in [3.8, 4) is 0 Å². The number of halogens is 1. The highest BCUT2D eigenvalue weighted by atomic mass is 35.5. The highest BCUT2D eigenvalue weighted by Crippen LogP contribution is 2.26. The summed E-state index contributed by atoms with van der Waals surface area (Å²) in [5.74, 6) is 0. The van der Waals surface area contributed by atoms with E-state index in [-0.39, 0.29) is 23.6 Å². The van der Waals surface area contributed by atoms with Crippen LogP contribution in [0.15, 0.2) is 12.1 Å². The molecule has 20 heavy (non-hydrogen) atoms. The fourth-order valence-electron chi connectivity index (χ4n) is 2.07. The minimum atomic E-state index is -0.373. The number of amides is 2. The van der Waals surface area contributed by atoms with Crippen molar-refractivity contribution < 1.29 is 9.90 Å². The summed E-state index contributed by atoms with van der Waals surface area (Å²) in [5.41, 5.74) is -0.138. The van der Waals surface area contributed by atoms with E-state index in [1.807, 2.05) is 32.9 Å². The Labute approximate surface area is 129 Å². The minimum Gasteiger partial charge on any atom is -0.393 e. The Hall–Kier alpha value is -0.780. The third-order valence-electron chi connectivity index (χ3n) is 2.94. The number of urea groups is 1. The van der Waals surface area contributed by atoms with Crippen molar-refractivity contribution in [1.29, 1.82) is 0 Å². The van der Waals surface area contributed by atoms with Crippen LogP contribution in [0.4, 0.5) is 4.79 Å². The molecule has 4 nitrogen and oxygen atoms in total. The molecule has 0 bridgehead atoms. The van der Waals surface area contributed by atoms with Crippen LogP contribution in [0.5, 0.6) is 0 Å². The molecule has 2 amide bonds. The van der Waals surface area contributed by atoms with Gasteiger partial charge in [-0.15, -0.1) is 11.3 Å². The van der Waals surface area contributed by atoms with Crippen LogP contribution in [0.2, 0.25) is 4.34 Å². The van der Waals surface area contributed by atoms with E-state index in [0.717, 1.165) is 4.88 Å². The summed E-state index contributed by atoms with van der Waals surface area (Å²) in [7, 11) is 0. The van der Waals surface area contributed by atoms with Crippen molar-refractivity contribution in [2.45, 2.75) is 46.3 Å². The van der Waals surface area contributed by atoms with Gasteiger partial charge < -0.3 is 15.7 Å². The second-order valence-electron chi connectivity index (χ2n) is 5.91. The molecule has 1 rings (SSSR count). The van der Waals surface area contributed by atoms with Crippen LogP contribution in [0, 0.1) is 5.41 Å². The molecule has 114 valence electrons. The first-order valence-corrected chi connectivity index (χ1v) is 7.87. The number of thiophene rings is 1. The Morgan fingerprint density at radius 2 is 2.10 bits per heavy atom. The average Bonchev–Trinajstić information content (AvgIpc) is 2.72. The molecule has 0 radical (unpaired) electrons. The smallest absolute Gasteiger partial charge is 0.315 e. The van der Waals surface area contributed by atoms with Gasteiger partial charge in [-0.2, -0.15) is 0 Å². The van der Waals surface area contributed by atoms with Gasteiger partial charge in [0.15, 0.2) is 0 Å². The molecule has 1 aromatic rings. The lowest BCUT2D eigenvalue weighted by Crippen LogP contribution is -2.42. The van der Waals surface area contributed by atoms with E-state index in [1.165, 1.54) is 11.3 Å². The molecule has 2 unspecified atom stereocenters. The lowest BCUT2D eigenvalue weighted by Gasteiger charge is -2.26. The molecule has 0 saturated heterocycles. The van der Waals surface area contributed by atoms with Gasteiger partial charge in [0.05, 0.1) is 16.5 Å². The Morgan fingerprint density at radius 1 is 1.45 bits per heavy atom. The van der Waals surface area contributed by atoms with Crippen LogP contribution >= 0.6 is 22.9 Å². The zero-order chi connectivity index (χ0) is 15.3. The third-order valence-corrected chi connectivity index (χ3v) is 4.36. The number of rotatable bonds is 6. The second kappa shape index (κ2) is 7.29. The molecule has 0 aliphatic heterocycles. The van der Waals surface area contributed by atoms with Gasteiger partial charge in [0, 0.05) is 11.4 Å². The predicted octanol–water partition coefficient (Wildman–Crippen LogP) is 3.56. The second-order valence-corrected chi connectivity index (χ2v) is 7.65. The van der Waals surface area contributed by atoms with E-state index in [4.69, 9.17) is 11.6 Å². The van der Waals surface area contributed by atoms with Crippen molar-refractivity contribution in [2.24, 2.45) is 5.41 Å². The van der Waals surface area contributed by atoms with Crippen LogP contribution in [0.25, 0.3) is 0 Å². The summed E-state index contributed by atoms with van der Waals surface area (Å²) in [6, 6.07) is 3.45. The van der Waals surface area contributed by atoms with Gasteiger partial charge >= 0.3 is 6.03 Å². The summed E-state index contributed by atoms with van der Waals surface area (Å²) in [6.07, 6.45) is 0.269. The summed E-state index contributed by atoms with van der Waals surface area (Å²) >= 11 is 7.34. The number of hydrogen-bond donors (Lipinski definition) is 3. The maximum absolute atomic E-state index is 11.9. The molecule has 6 heteroatoms. The third kappa shape index (κ3) is 6.11. The van der Waals surface area contributed by atoms with Gasteiger partial charge in [0.1, 0.15) is 0 Å². The quantitative estimate of drug-likeness (QED) is 0.751. The van der Waals surface area contributed by atoms with E-state index in [9.17, 15) is 9.90 Å². The average molecular weight is 319 g/mol. The number of aliphatic hydroxyl groups is 1. The van der Waals surface area contributed by atoms with Crippen LogP contribution in [-0.2, 0) is 0 Å². The molecule has 3 N–H and O–H groups in total. The zero-order valence-electron chi connectivity index (χ0n) is 12.4. The standard InChI is InChI=1S/C14H23ClN2O2S/c1-9(18)7-14(3,4)8-16-13(19)17-10(2)11-5-6-12(15)20-11/h5-6,9-10,18H,7-8H2,1-4H3,(H2,16,17,19). The molecule has 2 atom stereocenters. The van der Waals surface area contributed by atoms with Gasteiger partial charge in [-0.25, -0.2) is 4.79 Å². The Bertz CT molecular complexity index is 446. The number of carbonyl (C=O) groups is 1. The molecular weight excluding hydrogens is 296 g/mol. The maximum Gasteiger partial charge on any atom is 0.315 e. The lowest BCUT2D eigenvalue weighted by atomic mass is 9.87. The molecule has 0 aromatic carbocycles. The topological polar surface area (TPSA) is 61.4 Å². The predicted molar refractivity (Wildman–Crippen MR) is 84.4 cm³/mol. The van der Waals surface area contributed by atoms with Crippen LogP contribution in [0.1, 0.15) is 45.0 Å². The first-order chi connectivity index (χ1) is 9.19. The highest BCUT2D eigenvalue weighted by Gasteiger charge is 2.21. The van der Waals surface area contributed by atoms with Gasteiger partial charge in [-0.05, 0) is 37.8 Å². The first kappa shape index (κ1) is 17.3. The van der Waals surface area contributed by atoms with E-state index in [1.54, 1.807) is 6.92 Å². The van der Waals surface area contributed by atoms with E-state index < -0.39 is 0 Å². The van der Waals surface area contributed by atoms with Gasteiger partial charge in [0.25, 0.3) is 0 Å². The fourth-order valence-corrected chi connectivity index (χ4v) is 3.13. The van der Waals surface area contributed by atoms with Crippen molar-refractivity contribution in [3.05, 3.63) is 21.3 Å². The van der Waals surface area contributed by atoms with Crippen molar-refractivity contribution in [1.82, 2.24) is 10.6 Å². The number of aliphatic hydroxyl groups excluding tert-OH is 1. The molecule has 0 aliphatic carbocycles. The van der Waals surface area contributed by atoms with E-state index in [0.29, 0.717) is 17.3 Å². The van der Waals surface area contributed by atoms with Crippen molar-refractivity contribution in [3.63, 3.8) is 0 Å². The maximum atomic E-state index is 11.9. The number of carbonyl (C=O) groups excluding carboxylic acids is 1. The molecule has 0 aliphatic rings. The normalized spacial score (nSPS) is 14.7. The Kier molecular flexibility index (Phi) is 6.30. The van der Waals surface area contributed by atoms with Crippen LogP contribution in [0.3, 0.4) is 0 Å². The minimum absolute atomic E-state index is 0.0765. The summed E-state index contributed by atoms with van der Waals surface area (Å²) in [4.78, 5) is 12.9. The molecule has 1 aromatic heterocycles. The van der Waals surface area contributed by atoms with Gasteiger partial charge in [-0.1, -0.05) is 25.4 Å². The van der Waals surface area contributed by atoms with E-state index >= 15 is 0 Å². The molecule has 0 fully saturated rings. The van der Waals surface area contributed by atoms with Gasteiger partial charge in [-0.3, -0.25) is 0 Å². The molecule has 1 heterocycles. The summed E-state index contributed by atoms with van der Waals surface area (Å²) in [6.45, 7) is 8.22. The zero-order valence-corrected chi connectivity index (χ0v) is 13.9. The molecular formula is C14H23ClN2O2S. The molecule has 0 spiro atoms. The van der Waals surface area contributed by atoms with E-state index in [2.05, 4.69) is 10.6 Å². The summed E-state index contributed by atoms with van der Waals surface area (Å²) in [5, 5.41) is 15.1. The molecule has 0 saturated carbocycles. The Balaban J connectivity index is 2.40. The monoisotopic (exact) mass is 318 g/mol. The van der Waals surface area contributed by atoms with Gasteiger partial charge in [0.2, 0.25) is 0 Å². The van der Waals surface area contributed by atoms with Crippen LogP contribution < -0.4 is 10.6 Å². The van der Waals surface area contributed by atoms with Crippen LogP contribution in [-0.4, -0.2) is 23.8 Å². The largest absolute Gasteiger partial charge is 0.393 e.